The van der Waals surface area contributed by atoms with Crippen LogP contribution < -0.4 is 10.3 Å². The molecule has 0 radical (unpaired) electrons. The van der Waals surface area contributed by atoms with Crippen LogP contribution in [-0.4, -0.2) is 72.5 Å². The summed E-state index contributed by atoms with van der Waals surface area (Å²) in [5.41, 5.74) is 0.821. The van der Waals surface area contributed by atoms with Gasteiger partial charge < -0.3 is 23.8 Å². The number of hydrogen-bond donors (Lipinski definition) is 0. The average Bonchev–Trinajstić information content (AvgIpc) is 3.01. The first kappa shape index (κ1) is 24.4. The highest BCUT2D eigenvalue weighted by Gasteiger charge is 2.30. The first-order valence-corrected chi connectivity index (χ1v) is 11.5. The maximum absolute atomic E-state index is 13.5. The molecular formula is C25H28FN3O6. The Bertz CT molecular complexity index is 1210. The van der Waals surface area contributed by atoms with Crippen LogP contribution >= 0.6 is 0 Å². The molecule has 2 amide bonds. The number of ether oxygens (including phenoxy) is 2. The van der Waals surface area contributed by atoms with Gasteiger partial charge in [0.05, 0.1) is 20.1 Å². The number of methoxy groups -OCH3 is 1. The maximum atomic E-state index is 13.5. The van der Waals surface area contributed by atoms with Gasteiger partial charge in [0.1, 0.15) is 17.1 Å². The van der Waals surface area contributed by atoms with Crippen LogP contribution in [0.25, 0.3) is 0 Å². The van der Waals surface area contributed by atoms with E-state index in [2.05, 4.69) is 0 Å². The van der Waals surface area contributed by atoms with Gasteiger partial charge in [-0.2, -0.15) is 0 Å². The zero-order valence-electron chi connectivity index (χ0n) is 19.8. The van der Waals surface area contributed by atoms with Gasteiger partial charge in [-0.05, 0) is 17.7 Å². The number of carbonyl (C=O) groups excluding carboxylic acids is 3. The van der Waals surface area contributed by atoms with Crippen molar-refractivity contribution in [1.29, 1.82) is 0 Å². The van der Waals surface area contributed by atoms with Gasteiger partial charge in [-0.15, -0.1) is 0 Å². The number of carbonyl (C=O) groups is 3. The van der Waals surface area contributed by atoms with E-state index in [-0.39, 0.29) is 73.7 Å². The van der Waals surface area contributed by atoms with E-state index in [0.29, 0.717) is 24.2 Å². The van der Waals surface area contributed by atoms with Crippen molar-refractivity contribution in [3.8, 4) is 5.75 Å². The molecule has 10 heteroatoms. The molecule has 4 rings (SSSR count). The van der Waals surface area contributed by atoms with Crippen LogP contribution in [0.15, 0.2) is 35.1 Å². The fourth-order valence-corrected chi connectivity index (χ4v) is 4.64. The van der Waals surface area contributed by atoms with Gasteiger partial charge in [0, 0.05) is 63.7 Å². The third kappa shape index (κ3) is 5.36. The smallest absolute Gasteiger partial charge is 0.343 e. The molecule has 2 aromatic rings. The van der Waals surface area contributed by atoms with Crippen LogP contribution in [0.5, 0.6) is 5.75 Å². The summed E-state index contributed by atoms with van der Waals surface area (Å²) in [5.74, 6) is -1.14. The number of pyridine rings is 1. The Kier molecular flexibility index (Phi) is 7.18. The molecule has 35 heavy (non-hydrogen) atoms. The van der Waals surface area contributed by atoms with E-state index < -0.39 is 11.8 Å². The summed E-state index contributed by atoms with van der Waals surface area (Å²) in [6, 6.07) is 7.15. The summed E-state index contributed by atoms with van der Waals surface area (Å²) in [7, 11) is 2.97. The molecule has 0 N–H and O–H groups in total. The van der Waals surface area contributed by atoms with Gasteiger partial charge in [-0.3, -0.25) is 14.4 Å². The van der Waals surface area contributed by atoms with Crippen molar-refractivity contribution in [3.63, 3.8) is 0 Å². The number of likely N-dealkylation sites (tertiary alicyclic amines) is 1. The van der Waals surface area contributed by atoms with Gasteiger partial charge in [-0.25, -0.2) is 9.18 Å². The van der Waals surface area contributed by atoms with Crippen LogP contribution in [0.1, 0.15) is 28.0 Å². The van der Waals surface area contributed by atoms with Crippen molar-refractivity contribution in [2.24, 2.45) is 5.92 Å². The molecule has 1 atom stereocenters. The van der Waals surface area contributed by atoms with Crippen LogP contribution in [0, 0.1) is 11.7 Å². The van der Waals surface area contributed by atoms with Crippen LogP contribution in [0.3, 0.4) is 0 Å². The topological polar surface area (TPSA) is 98.2 Å². The minimum absolute atomic E-state index is 0.0248. The molecule has 1 aromatic carbocycles. The minimum atomic E-state index is -0.636. The number of esters is 1. The van der Waals surface area contributed by atoms with Crippen LogP contribution in [-0.2, 0) is 33.7 Å². The lowest BCUT2D eigenvalue weighted by Gasteiger charge is -2.20. The molecular weight excluding hydrogens is 457 g/mol. The highest BCUT2D eigenvalue weighted by Crippen LogP contribution is 2.26. The first-order chi connectivity index (χ1) is 16.8. The number of fused-ring (bicyclic) bond motifs is 1. The molecule has 1 fully saturated rings. The summed E-state index contributed by atoms with van der Waals surface area (Å²) >= 11 is 0. The monoisotopic (exact) mass is 485 g/mol. The average molecular weight is 486 g/mol. The molecule has 0 saturated carbocycles. The molecule has 9 nitrogen and oxygen atoms in total. The summed E-state index contributed by atoms with van der Waals surface area (Å²) in [6.07, 6.45) is 0.628. The second kappa shape index (κ2) is 10.3. The molecule has 0 aliphatic carbocycles. The zero-order valence-corrected chi connectivity index (χ0v) is 19.8. The molecule has 0 bridgehead atoms. The standard InChI is InChI=1S/C25H28FN3O6/c1-27-14-17(12-21(27)30)15-35-20-13-23(32)29-9-8-28(7-6-19(29)24(20)25(33)34-2)22(31)11-16-4-3-5-18(26)10-16/h3-5,10,13,17H,6-9,11-12,14-15H2,1-2H3. The number of nitrogens with zero attached hydrogens (tertiary/aromatic N) is 3. The summed E-state index contributed by atoms with van der Waals surface area (Å²) in [5, 5.41) is 0. The molecule has 2 aliphatic heterocycles. The predicted molar refractivity (Wildman–Crippen MR) is 124 cm³/mol. The Morgan fingerprint density at radius 3 is 2.63 bits per heavy atom. The van der Waals surface area contributed by atoms with Crippen molar-refractivity contribution >= 4 is 17.8 Å². The highest BCUT2D eigenvalue weighted by molar-refractivity contribution is 5.93. The normalized spacial score (nSPS) is 17.7. The van der Waals surface area contributed by atoms with Crippen molar-refractivity contribution in [1.82, 2.24) is 14.4 Å². The fraction of sp³-hybridized carbons (Fsp3) is 0.440. The molecule has 3 heterocycles. The van der Waals surface area contributed by atoms with E-state index in [0.717, 1.165) is 0 Å². The van der Waals surface area contributed by atoms with E-state index in [9.17, 15) is 23.6 Å². The van der Waals surface area contributed by atoms with E-state index >= 15 is 0 Å². The molecule has 1 unspecified atom stereocenters. The van der Waals surface area contributed by atoms with Crippen molar-refractivity contribution in [2.75, 3.05) is 40.4 Å². The second-order valence-electron chi connectivity index (χ2n) is 8.90. The number of benzene rings is 1. The van der Waals surface area contributed by atoms with Gasteiger partial charge >= 0.3 is 5.97 Å². The van der Waals surface area contributed by atoms with Crippen molar-refractivity contribution in [3.05, 3.63) is 63.3 Å². The third-order valence-corrected chi connectivity index (χ3v) is 6.48. The summed E-state index contributed by atoms with van der Waals surface area (Å²) in [4.78, 5) is 53.6. The maximum Gasteiger partial charge on any atom is 0.343 e. The van der Waals surface area contributed by atoms with Gasteiger partial charge in [0.25, 0.3) is 5.56 Å². The van der Waals surface area contributed by atoms with E-state index in [1.54, 1.807) is 29.0 Å². The van der Waals surface area contributed by atoms with Gasteiger partial charge in [0.15, 0.2) is 0 Å². The Hall–Kier alpha value is -3.69. The summed E-state index contributed by atoms with van der Waals surface area (Å²) in [6.45, 7) is 1.48. The Morgan fingerprint density at radius 1 is 1.14 bits per heavy atom. The second-order valence-corrected chi connectivity index (χ2v) is 8.90. The Morgan fingerprint density at radius 2 is 1.94 bits per heavy atom. The predicted octanol–water partition coefficient (Wildman–Crippen LogP) is 1.26. The SMILES string of the molecule is COC(=O)c1c(OCC2CC(=O)N(C)C2)cc(=O)n2c1CCN(C(=O)Cc1cccc(F)c1)CC2. The number of halogens is 1. The fourth-order valence-electron chi connectivity index (χ4n) is 4.64. The molecule has 186 valence electrons. The van der Waals surface area contributed by atoms with Gasteiger partial charge in [-0.1, -0.05) is 12.1 Å². The highest BCUT2D eigenvalue weighted by atomic mass is 19.1. The lowest BCUT2D eigenvalue weighted by Crippen LogP contribution is -2.35. The Balaban J connectivity index is 1.55. The minimum Gasteiger partial charge on any atom is -0.492 e. The molecule has 0 spiro atoms. The largest absolute Gasteiger partial charge is 0.492 e. The summed E-state index contributed by atoms with van der Waals surface area (Å²) < 4.78 is 25.8. The number of amides is 2. The zero-order chi connectivity index (χ0) is 25.1. The van der Waals surface area contributed by atoms with E-state index in [1.807, 2.05) is 0 Å². The van der Waals surface area contributed by atoms with Crippen molar-refractivity contribution in [2.45, 2.75) is 25.8 Å². The molecule has 1 aromatic heterocycles. The van der Waals surface area contributed by atoms with Crippen LogP contribution in [0.4, 0.5) is 4.39 Å². The molecule has 1 saturated heterocycles. The quantitative estimate of drug-likeness (QED) is 0.572. The first-order valence-electron chi connectivity index (χ1n) is 11.5. The van der Waals surface area contributed by atoms with Crippen LogP contribution in [0.2, 0.25) is 0 Å². The number of hydrogen-bond acceptors (Lipinski definition) is 6. The van der Waals surface area contributed by atoms with E-state index in [1.165, 1.54) is 29.9 Å². The lowest BCUT2D eigenvalue weighted by molar-refractivity contribution is -0.130. The third-order valence-electron chi connectivity index (χ3n) is 6.48. The van der Waals surface area contributed by atoms with Crippen molar-refractivity contribution < 1.29 is 28.2 Å². The molecule has 2 aliphatic rings. The number of rotatable bonds is 6. The lowest BCUT2D eigenvalue weighted by atomic mass is 10.1. The van der Waals surface area contributed by atoms with Gasteiger partial charge in [0.2, 0.25) is 11.8 Å². The Labute approximate surface area is 202 Å². The number of aromatic nitrogens is 1. The van der Waals surface area contributed by atoms with E-state index in [4.69, 9.17) is 9.47 Å².